The van der Waals surface area contributed by atoms with Crippen LogP contribution in [-0.2, 0) is 0 Å². The molecule has 2 aromatic rings. The summed E-state index contributed by atoms with van der Waals surface area (Å²) in [6.45, 7) is -0.296. The molecule has 0 radical (unpaired) electrons. The first-order chi connectivity index (χ1) is 8.80. The number of nitrogens with zero attached hydrogens (tertiary/aromatic N) is 1. The number of nitrogens with one attached hydrogen (secondary N) is 1. The summed E-state index contributed by atoms with van der Waals surface area (Å²) in [7, 11) is 0. The molecule has 2 aromatic carbocycles. The van der Waals surface area contributed by atoms with E-state index in [1.807, 2.05) is 24.3 Å². The molecule has 0 atom stereocenters. The molecule has 4 heteroatoms. The number of nitriles is 1. The van der Waals surface area contributed by atoms with Gasteiger partial charge in [-0.15, -0.1) is 0 Å². The van der Waals surface area contributed by atoms with Gasteiger partial charge in [0.2, 0.25) is 0 Å². The minimum absolute atomic E-state index is 0.148. The van der Waals surface area contributed by atoms with Crippen LogP contribution in [0.5, 0.6) is 0 Å². The lowest BCUT2D eigenvalue weighted by Gasteiger charge is -2.17. The highest BCUT2D eigenvalue weighted by atomic mass is 16.3. The van der Waals surface area contributed by atoms with Crippen LogP contribution < -0.4 is 5.32 Å². The standard InChI is InChI=1S/C14H14N2O2/c15-7-10-5-6-14(16-11(8-17)9-18)13-4-2-1-3-12(10)13/h1-6,11,16-18H,8-9H2. The van der Waals surface area contributed by atoms with Crippen LogP contribution in [0.25, 0.3) is 10.8 Å². The summed E-state index contributed by atoms with van der Waals surface area (Å²) in [5.74, 6) is 0. The van der Waals surface area contributed by atoms with E-state index in [1.165, 1.54) is 0 Å². The van der Waals surface area contributed by atoms with Crippen molar-refractivity contribution in [1.29, 1.82) is 5.26 Å². The predicted octanol–water partition coefficient (Wildman–Crippen LogP) is 1.48. The zero-order valence-corrected chi connectivity index (χ0v) is 9.80. The summed E-state index contributed by atoms with van der Waals surface area (Å²) < 4.78 is 0. The second-order valence-corrected chi connectivity index (χ2v) is 4.02. The Morgan fingerprint density at radius 1 is 1.06 bits per heavy atom. The fourth-order valence-electron chi connectivity index (χ4n) is 1.89. The van der Waals surface area contributed by atoms with E-state index < -0.39 is 6.04 Å². The van der Waals surface area contributed by atoms with Crippen LogP contribution in [0, 0.1) is 11.3 Å². The molecule has 0 aliphatic rings. The van der Waals surface area contributed by atoms with Gasteiger partial charge < -0.3 is 15.5 Å². The van der Waals surface area contributed by atoms with Gasteiger partial charge >= 0.3 is 0 Å². The molecule has 3 N–H and O–H groups in total. The number of fused-ring (bicyclic) bond motifs is 1. The maximum atomic E-state index is 9.09. The number of benzene rings is 2. The molecule has 0 heterocycles. The van der Waals surface area contributed by atoms with E-state index in [9.17, 15) is 0 Å². The molecule has 0 saturated carbocycles. The van der Waals surface area contributed by atoms with Crippen molar-refractivity contribution >= 4 is 16.5 Å². The Bertz CT molecular complexity index is 586. The zero-order chi connectivity index (χ0) is 13.0. The molecule has 0 aromatic heterocycles. The third-order valence-electron chi connectivity index (χ3n) is 2.84. The molecule has 92 valence electrons. The quantitative estimate of drug-likeness (QED) is 0.759. The van der Waals surface area contributed by atoms with Gasteiger partial charge in [0.05, 0.1) is 30.9 Å². The van der Waals surface area contributed by atoms with Gasteiger partial charge in [-0.2, -0.15) is 5.26 Å². The molecule has 0 saturated heterocycles. The monoisotopic (exact) mass is 242 g/mol. The zero-order valence-electron chi connectivity index (χ0n) is 9.80. The predicted molar refractivity (Wildman–Crippen MR) is 70.2 cm³/mol. The third kappa shape index (κ3) is 2.28. The van der Waals surface area contributed by atoms with E-state index >= 15 is 0 Å². The maximum absolute atomic E-state index is 9.09. The Balaban J connectivity index is 2.50. The number of aliphatic hydroxyl groups is 2. The number of hydrogen-bond donors (Lipinski definition) is 3. The molecule has 0 aliphatic carbocycles. The average Bonchev–Trinajstić information content (AvgIpc) is 2.44. The van der Waals surface area contributed by atoms with Gasteiger partial charge in [0, 0.05) is 16.5 Å². The van der Waals surface area contributed by atoms with Crippen molar-refractivity contribution < 1.29 is 10.2 Å². The molecule has 18 heavy (non-hydrogen) atoms. The van der Waals surface area contributed by atoms with E-state index in [2.05, 4.69) is 11.4 Å². The lowest BCUT2D eigenvalue weighted by molar-refractivity contribution is 0.204. The normalized spacial score (nSPS) is 10.6. The van der Waals surface area contributed by atoms with E-state index in [-0.39, 0.29) is 13.2 Å². The summed E-state index contributed by atoms with van der Waals surface area (Å²) in [6, 6.07) is 12.8. The Labute approximate surface area is 105 Å². The Hall–Kier alpha value is -2.09. The largest absolute Gasteiger partial charge is 0.394 e. The minimum Gasteiger partial charge on any atom is -0.394 e. The van der Waals surface area contributed by atoms with Crippen LogP contribution in [0.2, 0.25) is 0 Å². The summed E-state index contributed by atoms with van der Waals surface area (Å²) in [6.07, 6.45) is 0. The summed E-state index contributed by atoms with van der Waals surface area (Å²) in [4.78, 5) is 0. The van der Waals surface area contributed by atoms with Gasteiger partial charge in [0.15, 0.2) is 0 Å². The highest BCUT2D eigenvalue weighted by molar-refractivity contribution is 5.97. The number of hydrogen-bond acceptors (Lipinski definition) is 4. The van der Waals surface area contributed by atoms with Crippen LogP contribution in [0.15, 0.2) is 36.4 Å². The second kappa shape index (κ2) is 5.50. The van der Waals surface area contributed by atoms with Crippen molar-refractivity contribution in [2.45, 2.75) is 6.04 Å². The van der Waals surface area contributed by atoms with Gasteiger partial charge in [0.25, 0.3) is 0 Å². The average molecular weight is 242 g/mol. The minimum atomic E-state index is -0.402. The van der Waals surface area contributed by atoms with Gasteiger partial charge in [-0.05, 0) is 12.1 Å². The fourth-order valence-corrected chi connectivity index (χ4v) is 1.89. The van der Waals surface area contributed by atoms with Crippen molar-refractivity contribution in [2.24, 2.45) is 0 Å². The highest BCUT2D eigenvalue weighted by Crippen LogP contribution is 2.26. The van der Waals surface area contributed by atoms with Crippen molar-refractivity contribution in [3.8, 4) is 6.07 Å². The number of rotatable bonds is 4. The maximum Gasteiger partial charge on any atom is 0.0998 e. The SMILES string of the molecule is N#Cc1ccc(NC(CO)CO)c2ccccc12. The molecule has 0 fully saturated rings. The van der Waals surface area contributed by atoms with Crippen molar-refractivity contribution in [3.05, 3.63) is 42.0 Å². The lowest BCUT2D eigenvalue weighted by atomic mass is 10.0. The van der Waals surface area contributed by atoms with Crippen molar-refractivity contribution in [3.63, 3.8) is 0 Å². The summed E-state index contributed by atoms with van der Waals surface area (Å²) >= 11 is 0. The fraction of sp³-hybridized carbons (Fsp3) is 0.214. The van der Waals surface area contributed by atoms with Crippen molar-refractivity contribution in [2.75, 3.05) is 18.5 Å². The first-order valence-electron chi connectivity index (χ1n) is 5.70. The molecule has 0 amide bonds. The molecule has 4 nitrogen and oxygen atoms in total. The van der Waals surface area contributed by atoms with Crippen LogP contribution in [0.1, 0.15) is 5.56 Å². The molecule has 0 bridgehead atoms. The summed E-state index contributed by atoms with van der Waals surface area (Å²) in [5, 5.41) is 32.1. The van der Waals surface area contributed by atoms with Crippen LogP contribution in [0.3, 0.4) is 0 Å². The number of aliphatic hydroxyl groups excluding tert-OH is 2. The van der Waals surface area contributed by atoms with E-state index in [0.717, 1.165) is 16.5 Å². The molecule has 0 aliphatic heterocycles. The first kappa shape index (κ1) is 12.4. The first-order valence-corrected chi connectivity index (χ1v) is 5.70. The van der Waals surface area contributed by atoms with Gasteiger partial charge in [-0.25, -0.2) is 0 Å². The smallest absolute Gasteiger partial charge is 0.0998 e. The van der Waals surface area contributed by atoms with Crippen LogP contribution >= 0.6 is 0 Å². The van der Waals surface area contributed by atoms with Gasteiger partial charge in [-0.3, -0.25) is 0 Å². The Kier molecular flexibility index (Phi) is 3.78. The topological polar surface area (TPSA) is 76.3 Å². The van der Waals surface area contributed by atoms with E-state index in [1.54, 1.807) is 12.1 Å². The summed E-state index contributed by atoms with van der Waals surface area (Å²) in [5.41, 5.74) is 1.42. The van der Waals surface area contributed by atoms with Gasteiger partial charge in [0.1, 0.15) is 0 Å². The molecule has 2 rings (SSSR count). The molecular weight excluding hydrogens is 228 g/mol. The van der Waals surface area contributed by atoms with Gasteiger partial charge in [-0.1, -0.05) is 24.3 Å². The Morgan fingerprint density at radius 3 is 2.33 bits per heavy atom. The Morgan fingerprint density at radius 2 is 1.72 bits per heavy atom. The third-order valence-corrected chi connectivity index (χ3v) is 2.84. The highest BCUT2D eigenvalue weighted by Gasteiger charge is 2.09. The molecule has 0 spiro atoms. The molecule has 0 unspecified atom stereocenters. The van der Waals surface area contributed by atoms with Crippen molar-refractivity contribution in [1.82, 2.24) is 0 Å². The molecular formula is C14H14N2O2. The number of anilines is 1. The van der Waals surface area contributed by atoms with Crippen LogP contribution in [0.4, 0.5) is 5.69 Å². The second-order valence-electron chi connectivity index (χ2n) is 4.02. The van der Waals surface area contributed by atoms with Crippen LogP contribution in [-0.4, -0.2) is 29.5 Å². The van der Waals surface area contributed by atoms with E-state index in [0.29, 0.717) is 5.56 Å². The van der Waals surface area contributed by atoms with E-state index in [4.69, 9.17) is 15.5 Å². The lowest BCUT2D eigenvalue weighted by Crippen LogP contribution is -2.27.